The minimum Gasteiger partial charge on any atom is -0.378 e. The third-order valence-electron chi connectivity index (χ3n) is 4.76. The van der Waals surface area contributed by atoms with Gasteiger partial charge in [0, 0.05) is 50.4 Å². The number of carbonyl (C=O) groups is 1. The largest absolute Gasteiger partial charge is 0.378 e. The van der Waals surface area contributed by atoms with Crippen LogP contribution in [0.4, 0.5) is 5.95 Å². The fourth-order valence-electron chi connectivity index (χ4n) is 3.28. The first-order valence-electron chi connectivity index (χ1n) is 9.31. The molecule has 0 aromatic carbocycles. The van der Waals surface area contributed by atoms with E-state index in [0.29, 0.717) is 37.0 Å². The maximum atomic E-state index is 12.8. The molecule has 0 radical (unpaired) electrons. The SMILES string of the molecule is O=C(NCC1CCCO1)c1cnc(N2CCOCC2)nc1-c1cccnc1. The number of rotatable bonds is 5. The number of morpholine rings is 1. The van der Waals surface area contributed by atoms with Crippen LogP contribution in [0.25, 0.3) is 11.3 Å². The first kappa shape index (κ1) is 17.8. The van der Waals surface area contributed by atoms with Crippen LogP contribution in [0, 0.1) is 0 Å². The summed E-state index contributed by atoms with van der Waals surface area (Å²) in [7, 11) is 0. The highest BCUT2D eigenvalue weighted by atomic mass is 16.5. The number of pyridine rings is 1. The van der Waals surface area contributed by atoms with Crippen LogP contribution in [0.2, 0.25) is 0 Å². The highest BCUT2D eigenvalue weighted by Gasteiger charge is 2.22. The number of hydrogen-bond donors (Lipinski definition) is 1. The third kappa shape index (κ3) is 4.23. The second-order valence-corrected chi connectivity index (χ2v) is 6.62. The van der Waals surface area contributed by atoms with Crippen molar-refractivity contribution < 1.29 is 14.3 Å². The average molecular weight is 369 g/mol. The molecule has 2 saturated heterocycles. The molecule has 2 fully saturated rings. The van der Waals surface area contributed by atoms with Crippen LogP contribution in [0.3, 0.4) is 0 Å². The van der Waals surface area contributed by atoms with Crippen LogP contribution < -0.4 is 10.2 Å². The van der Waals surface area contributed by atoms with Crippen molar-refractivity contribution in [2.45, 2.75) is 18.9 Å². The van der Waals surface area contributed by atoms with Gasteiger partial charge in [0.25, 0.3) is 5.91 Å². The van der Waals surface area contributed by atoms with Crippen LogP contribution in [0.1, 0.15) is 23.2 Å². The zero-order chi connectivity index (χ0) is 18.5. The van der Waals surface area contributed by atoms with Gasteiger partial charge in [-0.25, -0.2) is 9.97 Å². The topological polar surface area (TPSA) is 89.5 Å². The first-order valence-corrected chi connectivity index (χ1v) is 9.31. The number of aromatic nitrogens is 3. The minimum absolute atomic E-state index is 0.0873. The van der Waals surface area contributed by atoms with E-state index in [4.69, 9.17) is 14.5 Å². The fourth-order valence-corrected chi connectivity index (χ4v) is 3.28. The van der Waals surface area contributed by atoms with Gasteiger partial charge in [0.2, 0.25) is 5.95 Å². The molecule has 8 heteroatoms. The minimum atomic E-state index is -0.196. The Balaban J connectivity index is 1.60. The predicted molar refractivity (Wildman–Crippen MR) is 99.6 cm³/mol. The van der Waals surface area contributed by atoms with E-state index in [1.54, 1.807) is 18.6 Å². The molecule has 2 aromatic heterocycles. The normalized spacial score (nSPS) is 19.9. The van der Waals surface area contributed by atoms with Gasteiger partial charge in [-0.1, -0.05) is 0 Å². The van der Waals surface area contributed by atoms with Crippen molar-refractivity contribution in [1.29, 1.82) is 0 Å². The molecule has 142 valence electrons. The number of amides is 1. The van der Waals surface area contributed by atoms with Crippen molar-refractivity contribution in [2.75, 3.05) is 44.4 Å². The quantitative estimate of drug-likeness (QED) is 0.849. The molecule has 0 saturated carbocycles. The summed E-state index contributed by atoms with van der Waals surface area (Å²) >= 11 is 0. The van der Waals surface area contributed by atoms with Gasteiger partial charge in [0.05, 0.1) is 30.6 Å². The van der Waals surface area contributed by atoms with Gasteiger partial charge in [0.15, 0.2) is 0 Å². The van der Waals surface area contributed by atoms with Crippen molar-refractivity contribution >= 4 is 11.9 Å². The number of anilines is 1. The van der Waals surface area contributed by atoms with Crippen molar-refractivity contribution in [3.8, 4) is 11.3 Å². The molecule has 2 aliphatic heterocycles. The van der Waals surface area contributed by atoms with Crippen molar-refractivity contribution in [1.82, 2.24) is 20.3 Å². The van der Waals surface area contributed by atoms with E-state index in [1.165, 1.54) is 0 Å². The van der Waals surface area contributed by atoms with Gasteiger partial charge in [-0.15, -0.1) is 0 Å². The Morgan fingerprint density at radius 1 is 1.26 bits per heavy atom. The fraction of sp³-hybridized carbons (Fsp3) is 0.474. The lowest BCUT2D eigenvalue weighted by molar-refractivity contribution is 0.0857. The molecule has 2 aliphatic rings. The average Bonchev–Trinajstić information content (AvgIpc) is 3.26. The van der Waals surface area contributed by atoms with Crippen LogP contribution in [-0.2, 0) is 9.47 Å². The van der Waals surface area contributed by atoms with Crippen molar-refractivity contribution in [3.05, 3.63) is 36.3 Å². The maximum absolute atomic E-state index is 12.8. The maximum Gasteiger partial charge on any atom is 0.255 e. The van der Waals surface area contributed by atoms with Gasteiger partial charge in [-0.3, -0.25) is 9.78 Å². The lowest BCUT2D eigenvalue weighted by Crippen LogP contribution is -2.37. The zero-order valence-corrected chi connectivity index (χ0v) is 15.1. The Hall–Kier alpha value is -2.58. The lowest BCUT2D eigenvalue weighted by Gasteiger charge is -2.27. The molecule has 1 atom stereocenters. The Kier molecular flexibility index (Phi) is 5.55. The summed E-state index contributed by atoms with van der Waals surface area (Å²) < 4.78 is 11.0. The summed E-state index contributed by atoms with van der Waals surface area (Å²) in [6.45, 7) is 4.02. The van der Waals surface area contributed by atoms with Gasteiger partial charge >= 0.3 is 0 Å². The Bertz CT molecular complexity index is 774. The van der Waals surface area contributed by atoms with E-state index in [2.05, 4.69) is 20.2 Å². The molecule has 2 aromatic rings. The summed E-state index contributed by atoms with van der Waals surface area (Å²) in [5.41, 5.74) is 1.82. The smallest absolute Gasteiger partial charge is 0.255 e. The van der Waals surface area contributed by atoms with Gasteiger partial charge in [-0.05, 0) is 25.0 Å². The molecule has 8 nitrogen and oxygen atoms in total. The monoisotopic (exact) mass is 369 g/mol. The van der Waals surface area contributed by atoms with Gasteiger partial charge < -0.3 is 19.7 Å². The van der Waals surface area contributed by atoms with Crippen molar-refractivity contribution in [2.24, 2.45) is 0 Å². The number of ether oxygens (including phenoxy) is 2. The lowest BCUT2D eigenvalue weighted by atomic mass is 10.1. The highest BCUT2D eigenvalue weighted by Crippen LogP contribution is 2.23. The summed E-state index contributed by atoms with van der Waals surface area (Å²) in [4.78, 5) is 28.1. The van der Waals surface area contributed by atoms with Crippen LogP contribution in [0.5, 0.6) is 0 Å². The second-order valence-electron chi connectivity index (χ2n) is 6.62. The summed E-state index contributed by atoms with van der Waals surface area (Å²) in [5, 5.41) is 2.95. The molecule has 1 unspecified atom stereocenters. The van der Waals surface area contributed by atoms with Gasteiger partial charge in [-0.2, -0.15) is 0 Å². The highest BCUT2D eigenvalue weighted by molar-refractivity contribution is 5.99. The van der Waals surface area contributed by atoms with E-state index in [0.717, 1.165) is 38.1 Å². The molecule has 1 N–H and O–H groups in total. The number of nitrogens with one attached hydrogen (secondary N) is 1. The Morgan fingerprint density at radius 3 is 2.89 bits per heavy atom. The Morgan fingerprint density at radius 2 is 2.15 bits per heavy atom. The second kappa shape index (κ2) is 8.41. The molecular weight excluding hydrogens is 346 g/mol. The summed E-state index contributed by atoms with van der Waals surface area (Å²) in [6, 6.07) is 3.73. The third-order valence-corrected chi connectivity index (χ3v) is 4.76. The zero-order valence-electron chi connectivity index (χ0n) is 15.1. The number of carbonyl (C=O) groups excluding carboxylic acids is 1. The van der Waals surface area contributed by atoms with Crippen LogP contribution >= 0.6 is 0 Å². The molecule has 4 heterocycles. The Labute approximate surface area is 157 Å². The molecule has 0 spiro atoms. The molecular formula is C19H23N5O3. The summed E-state index contributed by atoms with van der Waals surface area (Å²) in [5.74, 6) is 0.408. The number of hydrogen-bond acceptors (Lipinski definition) is 7. The molecule has 0 aliphatic carbocycles. The first-order chi connectivity index (χ1) is 13.3. The van der Waals surface area contributed by atoms with Gasteiger partial charge in [0.1, 0.15) is 0 Å². The van der Waals surface area contributed by atoms with Crippen LogP contribution in [-0.4, -0.2) is 66.4 Å². The van der Waals surface area contributed by atoms with E-state index < -0.39 is 0 Å². The van der Waals surface area contributed by atoms with Crippen molar-refractivity contribution in [3.63, 3.8) is 0 Å². The van der Waals surface area contributed by atoms with E-state index >= 15 is 0 Å². The van der Waals surface area contributed by atoms with E-state index in [1.807, 2.05) is 12.1 Å². The summed E-state index contributed by atoms with van der Waals surface area (Å²) in [6.07, 6.45) is 7.11. The molecule has 27 heavy (non-hydrogen) atoms. The standard InChI is InChI=1S/C19H23N5O3/c25-18(21-12-15-4-2-8-27-15)16-13-22-19(24-6-9-26-10-7-24)23-17(16)14-3-1-5-20-11-14/h1,3,5,11,13,15H,2,4,6-10,12H2,(H,21,25). The predicted octanol–water partition coefficient (Wildman–Crippen LogP) is 1.28. The van der Waals surface area contributed by atoms with Crippen LogP contribution in [0.15, 0.2) is 30.7 Å². The number of nitrogens with zero attached hydrogens (tertiary/aromatic N) is 4. The van der Waals surface area contributed by atoms with E-state index in [-0.39, 0.29) is 12.0 Å². The van der Waals surface area contributed by atoms with E-state index in [9.17, 15) is 4.79 Å². The molecule has 1 amide bonds. The molecule has 4 rings (SSSR count). The molecule has 0 bridgehead atoms.